The topological polar surface area (TPSA) is 100 Å². The largest absolute Gasteiger partial charge is 0.401 e. The fourth-order valence-corrected chi connectivity index (χ4v) is 1.76. The molecule has 0 amide bonds. The van der Waals surface area contributed by atoms with Gasteiger partial charge < -0.3 is 22.2 Å². The van der Waals surface area contributed by atoms with Gasteiger partial charge in [0.2, 0.25) is 0 Å². The van der Waals surface area contributed by atoms with Gasteiger partial charge in [0.25, 0.3) is 0 Å². The van der Waals surface area contributed by atoms with Crippen LogP contribution in [0.15, 0.2) is 70.8 Å². The summed E-state index contributed by atoms with van der Waals surface area (Å²) in [6, 6.07) is 3.51. The number of halogens is 2. The number of aliphatic imine (C=N–C) groups is 1. The average molecular weight is 359 g/mol. The zero-order valence-corrected chi connectivity index (χ0v) is 14.6. The number of nitrogens with one attached hydrogen (secondary N) is 2. The van der Waals surface area contributed by atoms with E-state index >= 15 is 0 Å². The fraction of sp³-hybridized carbons (Fsp3) is 0.158. The Morgan fingerprint density at radius 2 is 1.96 bits per heavy atom. The maximum atomic E-state index is 13.1. The van der Waals surface area contributed by atoms with E-state index in [9.17, 15) is 8.78 Å². The lowest BCUT2D eigenvalue weighted by Crippen LogP contribution is -2.02. The minimum absolute atomic E-state index is 0.403. The van der Waals surface area contributed by atoms with Crippen LogP contribution in [0.3, 0.4) is 0 Å². The lowest BCUT2D eigenvalue weighted by Gasteiger charge is -2.05. The summed E-state index contributed by atoms with van der Waals surface area (Å²) in [6.45, 7) is 5.65. The van der Waals surface area contributed by atoms with Crippen molar-refractivity contribution in [1.82, 2.24) is 0 Å². The van der Waals surface area contributed by atoms with Crippen molar-refractivity contribution in [3.63, 3.8) is 0 Å². The Morgan fingerprint density at radius 3 is 2.62 bits per heavy atom. The van der Waals surface area contributed by atoms with Gasteiger partial charge in [0, 0.05) is 47.5 Å². The molecular formula is C19H23F2N5. The molecule has 0 aliphatic carbocycles. The Balaban J connectivity index is 2.49. The van der Waals surface area contributed by atoms with Gasteiger partial charge in [0.05, 0.1) is 0 Å². The van der Waals surface area contributed by atoms with Crippen molar-refractivity contribution in [3.05, 3.63) is 77.4 Å². The predicted octanol–water partition coefficient (Wildman–Crippen LogP) is 3.98. The molecule has 1 rings (SSSR count). The number of hydrogen-bond donors (Lipinski definition) is 4. The van der Waals surface area contributed by atoms with Gasteiger partial charge >= 0.3 is 0 Å². The SMILES string of the molecule is C=C(CC/C(N)=C/Nc1ccc(F)c(F)c1)\N=C/C=C(C)/C(N)=C/C=N. The van der Waals surface area contributed by atoms with Crippen LogP contribution in [0.25, 0.3) is 0 Å². The average Bonchev–Trinajstić information content (AvgIpc) is 2.61. The Labute approximate surface area is 152 Å². The summed E-state index contributed by atoms with van der Waals surface area (Å²) < 4.78 is 26.0. The molecule has 5 nitrogen and oxygen atoms in total. The second kappa shape index (κ2) is 10.6. The Kier molecular flexibility index (Phi) is 8.49. The van der Waals surface area contributed by atoms with Gasteiger partial charge in [0.15, 0.2) is 11.6 Å². The number of nitrogens with two attached hydrogens (primary N) is 2. The first-order valence-electron chi connectivity index (χ1n) is 7.85. The van der Waals surface area contributed by atoms with Crippen LogP contribution < -0.4 is 16.8 Å². The Morgan fingerprint density at radius 1 is 1.23 bits per heavy atom. The summed E-state index contributed by atoms with van der Waals surface area (Å²) in [5, 5.41) is 9.77. The molecule has 0 aromatic heterocycles. The Hall–Kier alpha value is -3.22. The molecule has 0 unspecified atom stereocenters. The highest BCUT2D eigenvalue weighted by Crippen LogP contribution is 2.14. The van der Waals surface area contributed by atoms with Crippen LogP contribution in [0.2, 0.25) is 0 Å². The molecule has 0 saturated carbocycles. The minimum atomic E-state index is -0.927. The second-order valence-corrected chi connectivity index (χ2v) is 5.48. The minimum Gasteiger partial charge on any atom is -0.401 e. The van der Waals surface area contributed by atoms with Gasteiger partial charge in [-0.1, -0.05) is 6.58 Å². The van der Waals surface area contributed by atoms with E-state index in [-0.39, 0.29) is 0 Å². The molecule has 0 bridgehead atoms. The molecular weight excluding hydrogens is 336 g/mol. The third-order valence-electron chi connectivity index (χ3n) is 3.35. The molecule has 0 fully saturated rings. The maximum absolute atomic E-state index is 13.1. The van der Waals surface area contributed by atoms with E-state index in [0.29, 0.717) is 35.6 Å². The third-order valence-corrected chi connectivity index (χ3v) is 3.35. The van der Waals surface area contributed by atoms with Crippen molar-refractivity contribution in [3.8, 4) is 0 Å². The Bertz CT molecular complexity index is 776. The molecule has 138 valence electrons. The summed E-state index contributed by atoms with van der Waals surface area (Å²) >= 11 is 0. The van der Waals surface area contributed by atoms with E-state index in [1.54, 1.807) is 12.3 Å². The number of allylic oxidation sites excluding steroid dienone is 5. The van der Waals surface area contributed by atoms with E-state index in [4.69, 9.17) is 16.9 Å². The lowest BCUT2D eigenvalue weighted by molar-refractivity contribution is 0.509. The lowest BCUT2D eigenvalue weighted by atomic mass is 10.2. The molecule has 0 saturated heterocycles. The fourth-order valence-electron chi connectivity index (χ4n) is 1.76. The highest BCUT2D eigenvalue weighted by Gasteiger charge is 2.01. The zero-order chi connectivity index (χ0) is 19.5. The molecule has 0 aliphatic heterocycles. The van der Waals surface area contributed by atoms with Crippen molar-refractivity contribution in [2.24, 2.45) is 16.5 Å². The molecule has 0 heterocycles. The highest BCUT2D eigenvalue weighted by atomic mass is 19.2. The van der Waals surface area contributed by atoms with Crippen LogP contribution in [0.5, 0.6) is 0 Å². The number of rotatable bonds is 9. The number of benzene rings is 1. The normalized spacial score (nSPS) is 13.1. The first-order valence-corrected chi connectivity index (χ1v) is 7.85. The molecule has 1 aromatic carbocycles. The van der Waals surface area contributed by atoms with Gasteiger partial charge in [-0.05, 0) is 49.6 Å². The predicted molar refractivity (Wildman–Crippen MR) is 104 cm³/mol. The number of nitrogens with zero attached hydrogens (tertiary/aromatic N) is 1. The highest BCUT2D eigenvalue weighted by molar-refractivity contribution is 5.76. The first kappa shape index (κ1) is 20.8. The van der Waals surface area contributed by atoms with Crippen LogP contribution in [-0.4, -0.2) is 12.4 Å². The third kappa shape index (κ3) is 7.57. The summed E-state index contributed by atoms with van der Waals surface area (Å²) in [4.78, 5) is 4.19. The maximum Gasteiger partial charge on any atom is 0.160 e. The van der Waals surface area contributed by atoms with Crippen molar-refractivity contribution in [1.29, 1.82) is 5.41 Å². The molecule has 0 radical (unpaired) electrons. The van der Waals surface area contributed by atoms with Gasteiger partial charge in [-0.2, -0.15) is 0 Å². The molecule has 0 spiro atoms. The van der Waals surface area contributed by atoms with Gasteiger partial charge in [-0.25, -0.2) is 8.78 Å². The van der Waals surface area contributed by atoms with Crippen LogP contribution in [0.1, 0.15) is 19.8 Å². The summed E-state index contributed by atoms with van der Waals surface area (Å²) in [5.74, 6) is -1.83. The summed E-state index contributed by atoms with van der Waals surface area (Å²) in [7, 11) is 0. The van der Waals surface area contributed by atoms with Crippen molar-refractivity contribution >= 4 is 18.1 Å². The van der Waals surface area contributed by atoms with E-state index in [1.165, 1.54) is 18.3 Å². The summed E-state index contributed by atoms with van der Waals surface area (Å²) in [5.41, 5.74) is 14.4. The van der Waals surface area contributed by atoms with Crippen molar-refractivity contribution < 1.29 is 8.78 Å². The van der Waals surface area contributed by atoms with Gasteiger partial charge in [-0.3, -0.25) is 4.99 Å². The number of hydrogen-bond acceptors (Lipinski definition) is 5. The zero-order valence-electron chi connectivity index (χ0n) is 14.6. The van der Waals surface area contributed by atoms with Crippen LogP contribution in [-0.2, 0) is 0 Å². The van der Waals surface area contributed by atoms with E-state index in [0.717, 1.165) is 23.9 Å². The second-order valence-electron chi connectivity index (χ2n) is 5.48. The van der Waals surface area contributed by atoms with Crippen LogP contribution in [0.4, 0.5) is 14.5 Å². The first-order chi connectivity index (χ1) is 12.3. The molecule has 6 N–H and O–H groups in total. The standard InChI is InChI=1S/C19H23F2N5/c1-13(19(24)7-9-22)8-10-25-14(2)3-4-15(23)12-26-16-5-6-17(20)18(21)11-16/h5-12,22,26H,2-4,23-24H2,1H3/b13-8+,15-12-,19-7-,22-9?,25-10-. The van der Waals surface area contributed by atoms with Crippen molar-refractivity contribution in [2.45, 2.75) is 19.8 Å². The van der Waals surface area contributed by atoms with Gasteiger partial charge in [0.1, 0.15) is 0 Å². The smallest absolute Gasteiger partial charge is 0.160 e. The molecule has 1 aromatic rings. The van der Waals surface area contributed by atoms with E-state index < -0.39 is 11.6 Å². The van der Waals surface area contributed by atoms with E-state index in [1.807, 2.05) is 6.92 Å². The van der Waals surface area contributed by atoms with Crippen LogP contribution >= 0.6 is 0 Å². The molecule has 0 aliphatic rings. The van der Waals surface area contributed by atoms with E-state index in [2.05, 4.69) is 16.9 Å². The summed E-state index contributed by atoms with van der Waals surface area (Å²) in [6.07, 6.45) is 8.48. The molecule has 26 heavy (non-hydrogen) atoms. The number of anilines is 1. The molecule has 0 atom stereocenters. The van der Waals surface area contributed by atoms with Crippen molar-refractivity contribution in [2.75, 3.05) is 5.32 Å². The monoisotopic (exact) mass is 359 g/mol. The van der Waals surface area contributed by atoms with Gasteiger partial charge in [-0.15, -0.1) is 0 Å². The molecule has 7 heteroatoms. The quantitative estimate of drug-likeness (QED) is 0.396. The van der Waals surface area contributed by atoms with Crippen LogP contribution in [0, 0.1) is 17.0 Å².